The van der Waals surface area contributed by atoms with E-state index in [-0.39, 0.29) is 0 Å². The molecule has 3 heteroatoms. The van der Waals surface area contributed by atoms with Gasteiger partial charge in [0.25, 0.3) is 0 Å². The molecule has 0 bridgehead atoms. The van der Waals surface area contributed by atoms with Crippen LogP contribution in [0.25, 0.3) is 5.69 Å². The molecule has 1 N–H and O–H groups in total. The second kappa shape index (κ2) is 5.61. The predicted molar refractivity (Wildman–Crippen MR) is 82.1 cm³/mol. The van der Waals surface area contributed by atoms with Crippen molar-refractivity contribution in [2.24, 2.45) is 0 Å². The fourth-order valence-corrected chi connectivity index (χ4v) is 2.10. The minimum Gasteiger partial charge on any atom is -0.381 e. The highest BCUT2D eigenvalue weighted by Crippen LogP contribution is 2.15. The number of rotatable bonds is 4. The van der Waals surface area contributed by atoms with Crippen LogP contribution in [0, 0.1) is 6.92 Å². The van der Waals surface area contributed by atoms with Gasteiger partial charge in [-0.25, -0.2) is 4.98 Å². The van der Waals surface area contributed by atoms with Crippen LogP contribution in [0.2, 0.25) is 0 Å². The van der Waals surface area contributed by atoms with E-state index >= 15 is 0 Å². The van der Waals surface area contributed by atoms with Gasteiger partial charge in [0.2, 0.25) is 0 Å². The fraction of sp³-hybridized carbons (Fsp3) is 0.118. The van der Waals surface area contributed by atoms with E-state index in [0.29, 0.717) is 0 Å². The Morgan fingerprint density at radius 2 is 1.95 bits per heavy atom. The number of benzene rings is 2. The lowest BCUT2D eigenvalue weighted by atomic mass is 10.1. The van der Waals surface area contributed by atoms with Gasteiger partial charge in [-0.1, -0.05) is 35.9 Å². The standard InChI is InChI=1S/C17H17N3/c1-14-5-7-15(8-6-14)12-19-16-3-2-4-17(11-16)20-10-9-18-13-20/h2-11,13,19H,12H2,1H3. The van der Waals surface area contributed by atoms with Crippen molar-refractivity contribution in [2.75, 3.05) is 5.32 Å². The average Bonchev–Trinajstić information content (AvgIpc) is 3.01. The summed E-state index contributed by atoms with van der Waals surface area (Å²) in [6.45, 7) is 2.93. The van der Waals surface area contributed by atoms with Gasteiger partial charge in [-0.05, 0) is 30.7 Å². The molecule has 0 saturated carbocycles. The van der Waals surface area contributed by atoms with Crippen LogP contribution in [0.4, 0.5) is 5.69 Å². The molecular weight excluding hydrogens is 246 g/mol. The lowest BCUT2D eigenvalue weighted by molar-refractivity contribution is 1.05. The Morgan fingerprint density at radius 1 is 1.10 bits per heavy atom. The first kappa shape index (κ1) is 12.5. The van der Waals surface area contributed by atoms with E-state index in [4.69, 9.17) is 0 Å². The normalized spacial score (nSPS) is 10.4. The van der Waals surface area contributed by atoms with Crippen LogP contribution >= 0.6 is 0 Å². The lowest BCUT2D eigenvalue weighted by Crippen LogP contribution is -2.00. The zero-order valence-corrected chi connectivity index (χ0v) is 11.5. The van der Waals surface area contributed by atoms with Crippen molar-refractivity contribution in [3.8, 4) is 5.69 Å². The maximum atomic E-state index is 4.07. The number of hydrogen-bond donors (Lipinski definition) is 1. The lowest BCUT2D eigenvalue weighted by Gasteiger charge is -2.09. The first-order chi connectivity index (χ1) is 9.81. The molecule has 1 heterocycles. The third kappa shape index (κ3) is 2.88. The molecule has 3 aromatic rings. The topological polar surface area (TPSA) is 29.9 Å². The highest BCUT2D eigenvalue weighted by atomic mass is 15.0. The first-order valence-electron chi connectivity index (χ1n) is 6.69. The maximum absolute atomic E-state index is 4.07. The van der Waals surface area contributed by atoms with Gasteiger partial charge in [0, 0.05) is 30.3 Å². The van der Waals surface area contributed by atoms with Gasteiger partial charge in [0.15, 0.2) is 0 Å². The molecule has 0 radical (unpaired) electrons. The largest absolute Gasteiger partial charge is 0.381 e. The summed E-state index contributed by atoms with van der Waals surface area (Å²) in [6.07, 6.45) is 5.53. The number of imidazole rings is 1. The molecule has 0 unspecified atom stereocenters. The molecule has 20 heavy (non-hydrogen) atoms. The van der Waals surface area contributed by atoms with E-state index < -0.39 is 0 Å². The summed E-state index contributed by atoms with van der Waals surface area (Å²) < 4.78 is 2.00. The number of nitrogens with zero attached hydrogens (tertiary/aromatic N) is 2. The summed E-state index contributed by atoms with van der Waals surface area (Å²) in [6, 6.07) is 16.9. The summed E-state index contributed by atoms with van der Waals surface area (Å²) >= 11 is 0. The smallest absolute Gasteiger partial charge is 0.0991 e. The third-order valence-electron chi connectivity index (χ3n) is 3.27. The van der Waals surface area contributed by atoms with Crippen LogP contribution in [0.5, 0.6) is 0 Å². The minimum absolute atomic E-state index is 0.827. The summed E-state index contributed by atoms with van der Waals surface area (Å²) in [5.41, 5.74) is 4.78. The van der Waals surface area contributed by atoms with Crippen molar-refractivity contribution in [3.05, 3.63) is 78.4 Å². The van der Waals surface area contributed by atoms with E-state index in [9.17, 15) is 0 Å². The van der Waals surface area contributed by atoms with E-state index in [0.717, 1.165) is 17.9 Å². The van der Waals surface area contributed by atoms with Crippen LogP contribution in [0.3, 0.4) is 0 Å². The average molecular weight is 263 g/mol. The van der Waals surface area contributed by atoms with E-state index in [1.807, 2.05) is 16.8 Å². The third-order valence-corrected chi connectivity index (χ3v) is 3.27. The van der Waals surface area contributed by atoms with Crippen LogP contribution in [-0.2, 0) is 6.54 Å². The fourth-order valence-electron chi connectivity index (χ4n) is 2.10. The molecule has 0 fully saturated rings. The van der Waals surface area contributed by atoms with Crippen LogP contribution in [0.1, 0.15) is 11.1 Å². The quantitative estimate of drug-likeness (QED) is 0.776. The Kier molecular flexibility index (Phi) is 3.50. The Balaban J connectivity index is 1.72. The highest BCUT2D eigenvalue weighted by Gasteiger charge is 1.98. The van der Waals surface area contributed by atoms with Crippen LogP contribution < -0.4 is 5.32 Å². The molecule has 2 aromatic carbocycles. The molecule has 0 amide bonds. The van der Waals surface area contributed by atoms with Crippen molar-refractivity contribution in [1.82, 2.24) is 9.55 Å². The van der Waals surface area contributed by atoms with Crippen molar-refractivity contribution in [3.63, 3.8) is 0 Å². The number of hydrogen-bond acceptors (Lipinski definition) is 2. The van der Waals surface area contributed by atoms with Crippen molar-refractivity contribution in [1.29, 1.82) is 0 Å². The Labute approximate surface area is 118 Å². The minimum atomic E-state index is 0.827. The summed E-state index contributed by atoms with van der Waals surface area (Å²) in [5, 5.41) is 3.45. The number of nitrogens with one attached hydrogen (secondary N) is 1. The molecule has 3 nitrogen and oxygen atoms in total. The van der Waals surface area contributed by atoms with Crippen molar-refractivity contribution in [2.45, 2.75) is 13.5 Å². The van der Waals surface area contributed by atoms with Crippen LogP contribution in [-0.4, -0.2) is 9.55 Å². The van der Waals surface area contributed by atoms with E-state index in [2.05, 4.69) is 59.7 Å². The highest BCUT2D eigenvalue weighted by molar-refractivity contribution is 5.51. The maximum Gasteiger partial charge on any atom is 0.0991 e. The number of aryl methyl sites for hydroxylation is 1. The second-order valence-electron chi connectivity index (χ2n) is 4.86. The van der Waals surface area contributed by atoms with E-state index in [1.54, 1.807) is 12.5 Å². The van der Waals surface area contributed by atoms with Gasteiger partial charge in [0.1, 0.15) is 0 Å². The predicted octanol–water partition coefficient (Wildman–Crippen LogP) is 3.79. The van der Waals surface area contributed by atoms with Gasteiger partial charge in [-0.15, -0.1) is 0 Å². The van der Waals surface area contributed by atoms with Gasteiger partial charge < -0.3 is 9.88 Å². The van der Waals surface area contributed by atoms with E-state index in [1.165, 1.54) is 11.1 Å². The van der Waals surface area contributed by atoms with Gasteiger partial charge in [-0.3, -0.25) is 0 Å². The zero-order valence-electron chi connectivity index (χ0n) is 11.5. The van der Waals surface area contributed by atoms with Crippen molar-refractivity contribution < 1.29 is 0 Å². The molecule has 100 valence electrons. The second-order valence-corrected chi connectivity index (χ2v) is 4.86. The van der Waals surface area contributed by atoms with Gasteiger partial charge in [0.05, 0.1) is 6.33 Å². The molecule has 0 atom stereocenters. The summed E-state index contributed by atoms with van der Waals surface area (Å²) in [5.74, 6) is 0. The Hall–Kier alpha value is -2.55. The number of aromatic nitrogens is 2. The summed E-state index contributed by atoms with van der Waals surface area (Å²) in [7, 11) is 0. The molecule has 0 spiro atoms. The van der Waals surface area contributed by atoms with Gasteiger partial charge >= 0.3 is 0 Å². The molecular formula is C17H17N3. The molecule has 3 rings (SSSR count). The SMILES string of the molecule is Cc1ccc(CNc2cccc(-n3ccnc3)c2)cc1. The molecule has 0 aliphatic carbocycles. The first-order valence-corrected chi connectivity index (χ1v) is 6.69. The molecule has 0 aliphatic heterocycles. The Morgan fingerprint density at radius 3 is 2.70 bits per heavy atom. The molecule has 0 saturated heterocycles. The number of anilines is 1. The molecule has 1 aromatic heterocycles. The summed E-state index contributed by atoms with van der Waals surface area (Å²) in [4.78, 5) is 4.07. The monoisotopic (exact) mass is 263 g/mol. The zero-order chi connectivity index (χ0) is 13.8. The Bertz CT molecular complexity index is 670. The molecule has 0 aliphatic rings. The van der Waals surface area contributed by atoms with Crippen molar-refractivity contribution >= 4 is 5.69 Å². The van der Waals surface area contributed by atoms with Gasteiger partial charge in [-0.2, -0.15) is 0 Å². The van der Waals surface area contributed by atoms with Crippen LogP contribution in [0.15, 0.2) is 67.3 Å².